The molecule has 1 N–H and O–H groups in total. The smallest absolute Gasteiger partial charge is 0.259 e. The molecule has 0 amide bonds. The quantitative estimate of drug-likeness (QED) is 0.454. The monoisotopic (exact) mass is 432 g/mol. The van der Waals surface area contributed by atoms with Crippen LogP contribution in [0.25, 0.3) is 33.1 Å². The standard InChI is InChI=1S/C21H13BrN4O2/c22-16-3-4-18-15(9-16)10-17(21(27)24-18)20-25-19(28-26-20)8-12-1-2-14-11-23-6-5-13(14)7-12/h1-7,9-11H,8H2,(H,24,27). The van der Waals surface area contributed by atoms with Gasteiger partial charge in [-0.2, -0.15) is 4.98 Å². The number of nitrogens with one attached hydrogen (secondary N) is 1. The number of nitrogens with zero attached hydrogens (tertiary/aromatic N) is 3. The second kappa shape index (κ2) is 6.69. The summed E-state index contributed by atoms with van der Waals surface area (Å²) in [5.41, 5.74) is 1.93. The second-order valence-electron chi connectivity index (χ2n) is 6.49. The number of hydrogen-bond acceptors (Lipinski definition) is 5. The molecule has 3 aromatic heterocycles. The zero-order valence-corrected chi connectivity index (χ0v) is 16.1. The number of aromatic nitrogens is 4. The van der Waals surface area contributed by atoms with E-state index in [0.717, 1.165) is 31.7 Å². The minimum Gasteiger partial charge on any atom is -0.339 e. The van der Waals surface area contributed by atoms with Gasteiger partial charge in [0.15, 0.2) is 0 Å². The summed E-state index contributed by atoms with van der Waals surface area (Å²) < 4.78 is 6.32. The number of halogens is 1. The van der Waals surface area contributed by atoms with Crippen LogP contribution in [-0.4, -0.2) is 20.1 Å². The van der Waals surface area contributed by atoms with E-state index in [9.17, 15) is 4.79 Å². The van der Waals surface area contributed by atoms with E-state index in [1.165, 1.54) is 0 Å². The highest BCUT2D eigenvalue weighted by Gasteiger charge is 2.14. The van der Waals surface area contributed by atoms with E-state index < -0.39 is 0 Å². The van der Waals surface area contributed by atoms with Gasteiger partial charge < -0.3 is 9.51 Å². The Morgan fingerprint density at radius 1 is 1.00 bits per heavy atom. The summed E-state index contributed by atoms with van der Waals surface area (Å²) in [4.78, 5) is 23.8. The molecule has 0 aliphatic carbocycles. The summed E-state index contributed by atoms with van der Waals surface area (Å²) >= 11 is 3.44. The number of pyridine rings is 2. The molecule has 0 bridgehead atoms. The fraction of sp³-hybridized carbons (Fsp3) is 0.0476. The first kappa shape index (κ1) is 16.8. The molecule has 7 heteroatoms. The number of fused-ring (bicyclic) bond motifs is 2. The van der Waals surface area contributed by atoms with Crippen molar-refractivity contribution in [2.24, 2.45) is 0 Å². The maximum absolute atomic E-state index is 12.4. The third-order valence-electron chi connectivity index (χ3n) is 4.58. The average molecular weight is 433 g/mol. The Hall–Kier alpha value is -3.32. The molecule has 28 heavy (non-hydrogen) atoms. The first-order chi connectivity index (χ1) is 13.7. The van der Waals surface area contributed by atoms with Crippen molar-refractivity contribution in [1.29, 1.82) is 0 Å². The summed E-state index contributed by atoms with van der Waals surface area (Å²) in [5.74, 6) is 0.736. The van der Waals surface area contributed by atoms with Crippen molar-refractivity contribution in [3.8, 4) is 11.4 Å². The summed E-state index contributed by atoms with van der Waals surface area (Å²) in [7, 11) is 0. The molecule has 0 radical (unpaired) electrons. The predicted molar refractivity (Wildman–Crippen MR) is 110 cm³/mol. The highest BCUT2D eigenvalue weighted by molar-refractivity contribution is 9.10. The average Bonchev–Trinajstić information content (AvgIpc) is 3.16. The van der Waals surface area contributed by atoms with Crippen LogP contribution in [0, 0.1) is 0 Å². The minimum absolute atomic E-state index is 0.250. The molecule has 2 aromatic carbocycles. The van der Waals surface area contributed by atoms with Crippen molar-refractivity contribution in [1.82, 2.24) is 20.1 Å². The van der Waals surface area contributed by atoms with E-state index in [1.807, 2.05) is 42.6 Å². The summed E-state index contributed by atoms with van der Waals surface area (Å²) in [6.07, 6.45) is 4.08. The largest absolute Gasteiger partial charge is 0.339 e. The number of benzene rings is 2. The maximum Gasteiger partial charge on any atom is 0.259 e. The van der Waals surface area contributed by atoms with E-state index in [4.69, 9.17) is 4.52 Å². The molecule has 5 rings (SSSR count). The van der Waals surface area contributed by atoms with Crippen LogP contribution in [-0.2, 0) is 6.42 Å². The normalized spacial score (nSPS) is 11.3. The first-order valence-corrected chi connectivity index (χ1v) is 9.43. The maximum atomic E-state index is 12.4. The Bertz CT molecular complexity index is 1390. The Balaban J connectivity index is 1.49. The number of rotatable bonds is 3. The lowest BCUT2D eigenvalue weighted by atomic mass is 10.1. The van der Waals surface area contributed by atoms with E-state index in [2.05, 4.69) is 42.1 Å². The molecule has 0 saturated carbocycles. The van der Waals surface area contributed by atoms with Gasteiger partial charge in [0.05, 0.1) is 12.0 Å². The molecule has 0 spiro atoms. The Labute approximate surface area is 167 Å². The fourth-order valence-electron chi connectivity index (χ4n) is 3.20. The molecule has 0 aliphatic rings. The van der Waals surface area contributed by atoms with Crippen LogP contribution < -0.4 is 5.56 Å². The topological polar surface area (TPSA) is 84.7 Å². The third kappa shape index (κ3) is 3.10. The number of H-pyrrole nitrogens is 1. The SMILES string of the molecule is O=c1[nH]c2ccc(Br)cc2cc1-c1noc(Cc2ccc3cnccc3c2)n1. The van der Waals surface area contributed by atoms with E-state index in [1.54, 1.807) is 12.3 Å². The van der Waals surface area contributed by atoms with Gasteiger partial charge in [0.2, 0.25) is 11.7 Å². The second-order valence-corrected chi connectivity index (χ2v) is 7.41. The van der Waals surface area contributed by atoms with Crippen LogP contribution in [0.3, 0.4) is 0 Å². The van der Waals surface area contributed by atoms with Crippen LogP contribution in [0.2, 0.25) is 0 Å². The van der Waals surface area contributed by atoms with Gasteiger partial charge in [-0.15, -0.1) is 0 Å². The highest BCUT2D eigenvalue weighted by atomic mass is 79.9. The van der Waals surface area contributed by atoms with Gasteiger partial charge in [0, 0.05) is 33.2 Å². The Morgan fingerprint density at radius 2 is 1.93 bits per heavy atom. The molecule has 136 valence electrons. The number of aromatic amines is 1. The molecule has 3 heterocycles. The molecule has 5 aromatic rings. The van der Waals surface area contributed by atoms with Crippen LogP contribution in [0.1, 0.15) is 11.5 Å². The molecular weight excluding hydrogens is 420 g/mol. The predicted octanol–water partition coefficient (Wildman–Crippen LogP) is 4.48. The molecular formula is C21H13BrN4O2. The van der Waals surface area contributed by atoms with E-state index in [-0.39, 0.29) is 11.4 Å². The Kier molecular flexibility index (Phi) is 4.02. The van der Waals surface area contributed by atoms with Gasteiger partial charge in [-0.25, -0.2) is 0 Å². The summed E-state index contributed by atoms with van der Waals surface area (Å²) in [5, 5.41) is 7.07. The molecule has 0 saturated heterocycles. The van der Waals surface area contributed by atoms with Gasteiger partial charge in [-0.3, -0.25) is 9.78 Å². The number of hydrogen-bond donors (Lipinski definition) is 1. The van der Waals surface area contributed by atoms with Crippen molar-refractivity contribution >= 4 is 37.6 Å². The summed E-state index contributed by atoms with van der Waals surface area (Å²) in [6, 6.07) is 15.5. The van der Waals surface area contributed by atoms with Gasteiger partial charge in [0.25, 0.3) is 5.56 Å². The summed E-state index contributed by atoms with van der Waals surface area (Å²) in [6.45, 7) is 0. The van der Waals surface area contributed by atoms with Gasteiger partial charge in [-0.1, -0.05) is 39.3 Å². The van der Waals surface area contributed by atoms with E-state index in [0.29, 0.717) is 17.9 Å². The first-order valence-electron chi connectivity index (χ1n) is 8.64. The zero-order valence-electron chi connectivity index (χ0n) is 14.5. The van der Waals surface area contributed by atoms with Gasteiger partial charge in [-0.05, 0) is 41.3 Å². The Morgan fingerprint density at radius 3 is 2.86 bits per heavy atom. The zero-order chi connectivity index (χ0) is 19.1. The van der Waals surface area contributed by atoms with Crippen molar-refractivity contribution in [3.63, 3.8) is 0 Å². The van der Waals surface area contributed by atoms with Crippen LogP contribution in [0.5, 0.6) is 0 Å². The minimum atomic E-state index is -0.250. The van der Waals surface area contributed by atoms with Gasteiger partial charge in [0.1, 0.15) is 0 Å². The molecule has 0 unspecified atom stereocenters. The molecule has 6 nitrogen and oxygen atoms in total. The highest BCUT2D eigenvalue weighted by Crippen LogP contribution is 2.22. The third-order valence-corrected chi connectivity index (χ3v) is 5.07. The van der Waals surface area contributed by atoms with Crippen molar-refractivity contribution in [3.05, 3.63) is 87.2 Å². The molecule has 0 aliphatic heterocycles. The fourth-order valence-corrected chi connectivity index (χ4v) is 3.58. The van der Waals surface area contributed by atoms with E-state index >= 15 is 0 Å². The van der Waals surface area contributed by atoms with Crippen LogP contribution >= 0.6 is 15.9 Å². The molecule has 0 fully saturated rings. The van der Waals surface area contributed by atoms with Crippen molar-refractivity contribution in [2.45, 2.75) is 6.42 Å². The van der Waals surface area contributed by atoms with Crippen LogP contribution in [0.15, 0.2) is 74.7 Å². The van der Waals surface area contributed by atoms with Gasteiger partial charge >= 0.3 is 0 Å². The lowest BCUT2D eigenvalue weighted by Gasteiger charge is -2.01. The lowest BCUT2D eigenvalue weighted by molar-refractivity contribution is 0.385. The molecule has 0 atom stereocenters. The van der Waals surface area contributed by atoms with Crippen LogP contribution in [0.4, 0.5) is 0 Å². The van der Waals surface area contributed by atoms with Crippen molar-refractivity contribution < 1.29 is 4.52 Å². The lowest BCUT2D eigenvalue weighted by Crippen LogP contribution is -2.09. The van der Waals surface area contributed by atoms with Crippen molar-refractivity contribution in [2.75, 3.05) is 0 Å².